The highest BCUT2D eigenvalue weighted by molar-refractivity contribution is 9.10. The summed E-state index contributed by atoms with van der Waals surface area (Å²) in [5.74, 6) is 0. The van der Waals surface area contributed by atoms with Crippen molar-refractivity contribution in [1.29, 1.82) is 0 Å². The van der Waals surface area contributed by atoms with Crippen molar-refractivity contribution in [3.8, 4) is 0 Å². The van der Waals surface area contributed by atoms with Gasteiger partial charge < -0.3 is 9.80 Å². The zero-order chi connectivity index (χ0) is 12.3. The molecule has 1 aliphatic rings. The van der Waals surface area contributed by atoms with Gasteiger partial charge in [0.1, 0.15) is 0 Å². The minimum atomic E-state index is 0.911. The third kappa shape index (κ3) is 3.46. The number of nitrogens with zero attached hydrogens (tertiary/aromatic N) is 2. The number of benzene rings is 1. The summed E-state index contributed by atoms with van der Waals surface area (Å²) < 4.78 is 1.21. The molecule has 1 aromatic carbocycles. The van der Waals surface area contributed by atoms with E-state index in [1.165, 1.54) is 28.7 Å². The quantitative estimate of drug-likeness (QED) is 0.744. The van der Waals surface area contributed by atoms with Gasteiger partial charge in [0, 0.05) is 29.4 Å². The Balaban J connectivity index is 2.15. The van der Waals surface area contributed by atoms with Gasteiger partial charge in [0.25, 0.3) is 0 Å². The number of alkyl halides is 1. The lowest BCUT2D eigenvalue weighted by atomic mass is 10.2. The van der Waals surface area contributed by atoms with Gasteiger partial charge in [0.15, 0.2) is 0 Å². The Morgan fingerprint density at radius 2 is 2.00 bits per heavy atom. The van der Waals surface area contributed by atoms with Gasteiger partial charge >= 0.3 is 0 Å². The van der Waals surface area contributed by atoms with Crippen molar-refractivity contribution in [2.45, 2.75) is 11.8 Å². The first-order chi connectivity index (χ1) is 8.20. The molecule has 1 aliphatic heterocycles. The Bertz CT molecular complexity index is 382. The van der Waals surface area contributed by atoms with Crippen LogP contribution in [0.4, 0.5) is 5.69 Å². The van der Waals surface area contributed by atoms with Crippen LogP contribution in [-0.2, 0) is 5.33 Å². The maximum Gasteiger partial charge on any atom is 0.0511 e. The second kappa shape index (κ2) is 6.21. The van der Waals surface area contributed by atoms with E-state index in [2.05, 4.69) is 66.9 Å². The fourth-order valence-corrected chi connectivity index (χ4v) is 3.20. The molecule has 4 heteroatoms. The van der Waals surface area contributed by atoms with Crippen molar-refractivity contribution >= 4 is 37.5 Å². The summed E-state index contributed by atoms with van der Waals surface area (Å²) in [7, 11) is 2.20. The first-order valence-corrected chi connectivity index (χ1v) is 7.90. The van der Waals surface area contributed by atoms with Crippen LogP contribution in [0.3, 0.4) is 0 Å². The van der Waals surface area contributed by atoms with E-state index in [1.807, 2.05) is 0 Å². The highest BCUT2D eigenvalue weighted by Gasteiger charge is 2.14. The van der Waals surface area contributed by atoms with Gasteiger partial charge in [0.2, 0.25) is 0 Å². The lowest BCUT2D eigenvalue weighted by Gasteiger charge is -2.24. The number of anilines is 1. The molecule has 94 valence electrons. The van der Waals surface area contributed by atoms with Gasteiger partial charge in [-0.05, 0) is 53.6 Å². The van der Waals surface area contributed by atoms with Crippen molar-refractivity contribution in [1.82, 2.24) is 4.90 Å². The minimum Gasteiger partial charge on any atom is -0.369 e. The van der Waals surface area contributed by atoms with Crippen molar-refractivity contribution in [2.75, 3.05) is 38.1 Å². The summed E-state index contributed by atoms with van der Waals surface area (Å²) in [5.41, 5.74) is 2.64. The average molecular weight is 362 g/mol. The summed E-state index contributed by atoms with van der Waals surface area (Å²) in [5, 5.41) is 0.911. The molecule has 17 heavy (non-hydrogen) atoms. The van der Waals surface area contributed by atoms with Crippen LogP contribution in [0.1, 0.15) is 12.0 Å². The smallest absolute Gasteiger partial charge is 0.0511 e. The molecule has 1 heterocycles. The van der Waals surface area contributed by atoms with Crippen molar-refractivity contribution in [3.05, 3.63) is 28.2 Å². The molecule has 0 bridgehead atoms. The minimum absolute atomic E-state index is 0.911. The van der Waals surface area contributed by atoms with E-state index in [0.29, 0.717) is 0 Å². The van der Waals surface area contributed by atoms with Crippen molar-refractivity contribution in [3.63, 3.8) is 0 Å². The van der Waals surface area contributed by atoms with Crippen LogP contribution in [-0.4, -0.2) is 38.1 Å². The van der Waals surface area contributed by atoms with Gasteiger partial charge in [0.05, 0.1) is 5.69 Å². The molecule has 0 aliphatic carbocycles. The number of likely N-dealkylation sites (N-methyl/N-ethyl adjacent to an activating group) is 1. The Morgan fingerprint density at radius 1 is 1.18 bits per heavy atom. The molecular formula is C13H18Br2N2. The highest BCUT2D eigenvalue weighted by atomic mass is 79.9. The molecule has 1 saturated heterocycles. The number of rotatable bonds is 2. The lowest BCUT2D eigenvalue weighted by Crippen LogP contribution is -2.28. The lowest BCUT2D eigenvalue weighted by molar-refractivity contribution is 0.360. The van der Waals surface area contributed by atoms with Crippen LogP contribution in [0.25, 0.3) is 0 Å². The van der Waals surface area contributed by atoms with E-state index >= 15 is 0 Å². The van der Waals surface area contributed by atoms with E-state index in [9.17, 15) is 0 Å². The molecule has 0 amide bonds. The molecule has 0 aromatic heterocycles. The second-order valence-corrected chi connectivity index (χ2v) is 5.98. The van der Waals surface area contributed by atoms with Crippen LogP contribution < -0.4 is 4.90 Å². The summed E-state index contributed by atoms with van der Waals surface area (Å²) in [6, 6.07) is 6.63. The average Bonchev–Trinajstić information content (AvgIpc) is 2.54. The Hall–Kier alpha value is -0.0600. The topological polar surface area (TPSA) is 6.48 Å². The van der Waals surface area contributed by atoms with Gasteiger partial charge in [-0.1, -0.05) is 22.0 Å². The summed E-state index contributed by atoms with van der Waals surface area (Å²) in [6.45, 7) is 4.61. The molecule has 0 atom stereocenters. The van der Waals surface area contributed by atoms with Gasteiger partial charge in [-0.25, -0.2) is 0 Å². The monoisotopic (exact) mass is 360 g/mol. The van der Waals surface area contributed by atoms with E-state index < -0.39 is 0 Å². The third-order valence-corrected chi connectivity index (χ3v) is 4.51. The van der Waals surface area contributed by atoms with E-state index in [1.54, 1.807) is 0 Å². The normalized spacial score (nSPS) is 18.2. The SMILES string of the molecule is CN1CCCN(c2ccc(CBr)cc2Br)CC1. The fraction of sp³-hybridized carbons (Fsp3) is 0.538. The number of halogens is 2. The molecule has 1 fully saturated rings. The van der Waals surface area contributed by atoms with Crippen LogP contribution in [0.2, 0.25) is 0 Å². The molecule has 0 unspecified atom stereocenters. The van der Waals surface area contributed by atoms with E-state index in [0.717, 1.165) is 25.0 Å². The standard InChI is InChI=1S/C13H18Br2N2/c1-16-5-2-6-17(8-7-16)13-4-3-11(10-14)9-12(13)15/h3-4,9H,2,5-8,10H2,1H3. The maximum absolute atomic E-state index is 3.69. The molecule has 0 N–H and O–H groups in total. The molecule has 2 rings (SSSR count). The largest absolute Gasteiger partial charge is 0.369 e. The predicted molar refractivity (Wildman–Crippen MR) is 81.1 cm³/mol. The van der Waals surface area contributed by atoms with Crippen molar-refractivity contribution < 1.29 is 0 Å². The molecule has 1 aromatic rings. The molecule has 0 saturated carbocycles. The summed E-state index contributed by atoms with van der Waals surface area (Å²) >= 11 is 7.18. The van der Waals surface area contributed by atoms with Gasteiger partial charge in [-0.3, -0.25) is 0 Å². The van der Waals surface area contributed by atoms with Gasteiger partial charge in [-0.15, -0.1) is 0 Å². The van der Waals surface area contributed by atoms with Crippen LogP contribution >= 0.6 is 31.9 Å². The van der Waals surface area contributed by atoms with Gasteiger partial charge in [-0.2, -0.15) is 0 Å². The summed E-state index contributed by atoms with van der Waals surface area (Å²) in [6.07, 6.45) is 1.24. The third-order valence-electron chi connectivity index (χ3n) is 3.23. The van der Waals surface area contributed by atoms with Crippen LogP contribution in [0.5, 0.6) is 0 Å². The number of hydrogen-bond donors (Lipinski definition) is 0. The number of hydrogen-bond acceptors (Lipinski definition) is 2. The molecule has 0 spiro atoms. The highest BCUT2D eigenvalue weighted by Crippen LogP contribution is 2.28. The second-order valence-electron chi connectivity index (χ2n) is 4.56. The maximum atomic E-state index is 3.69. The first kappa shape index (κ1) is 13.4. The summed E-state index contributed by atoms with van der Waals surface area (Å²) in [4.78, 5) is 4.88. The molecular weight excluding hydrogens is 344 g/mol. The first-order valence-electron chi connectivity index (χ1n) is 5.98. The fourth-order valence-electron chi connectivity index (χ4n) is 2.18. The van der Waals surface area contributed by atoms with Crippen LogP contribution in [0, 0.1) is 0 Å². The van der Waals surface area contributed by atoms with Crippen molar-refractivity contribution in [2.24, 2.45) is 0 Å². The van der Waals surface area contributed by atoms with Crippen LogP contribution in [0.15, 0.2) is 22.7 Å². The van der Waals surface area contributed by atoms with E-state index in [4.69, 9.17) is 0 Å². The Kier molecular flexibility index (Phi) is 4.88. The Morgan fingerprint density at radius 3 is 2.71 bits per heavy atom. The zero-order valence-electron chi connectivity index (χ0n) is 10.1. The zero-order valence-corrected chi connectivity index (χ0v) is 13.3. The predicted octanol–water partition coefficient (Wildman–Crippen LogP) is 3.49. The molecule has 2 nitrogen and oxygen atoms in total. The Labute approximate surface area is 120 Å². The molecule has 0 radical (unpaired) electrons. The van der Waals surface area contributed by atoms with E-state index in [-0.39, 0.29) is 0 Å².